The number of hydrogen-bond donors (Lipinski definition) is 1. The number of non-ortho nitro benzene ring substituents is 1. The van der Waals surface area contributed by atoms with Crippen molar-refractivity contribution in [3.63, 3.8) is 0 Å². The summed E-state index contributed by atoms with van der Waals surface area (Å²) in [6.45, 7) is 3.27. The number of morpholine rings is 1. The van der Waals surface area contributed by atoms with Gasteiger partial charge in [0.15, 0.2) is 0 Å². The van der Waals surface area contributed by atoms with Crippen LogP contribution in [0.15, 0.2) is 36.5 Å². The number of ether oxygens (including phenoxy) is 1. The number of nitro groups is 1. The lowest BCUT2D eigenvalue weighted by atomic mass is 10.1. The standard InChI is InChI=1S/C14H15N3O3/c18-17(19)12-3-1-11(2-4-12)14-9-13(10-15-14)16-5-7-20-8-6-16/h1-4,9-10,15H,5-8H2. The molecule has 6 heteroatoms. The molecular weight excluding hydrogens is 258 g/mol. The van der Waals surface area contributed by atoms with Gasteiger partial charge in [-0.15, -0.1) is 0 Å². The fraction of sp³-hybridized carbons (Fsp3) is 0.286. The number of aromatic nitrogens is 1. The maximum atomic E-state index is 10.6. The van der Waals surface area contributed by atoms with Gasteiger partial charge in [0.25, 0.3) is 5.69 Å². The van der Waals surface area contributed by atoms with Crippen LogP contribution in [0.1, 0.15) is 0 Å². The van der Waals surface area contributed by atoms with E-state index in [0.717, 1.165) is 43.2 Å². The van der Waals surface area contributed by atoms with Crippen LogP contribution in [0.25, 0.3) is 11.3 Å². The van der Waals surface area contributed by atoms with Gasteiger partial charge in [-0.05, 0) is 23.8 Å². The second-order valence-electron chi connectivity index (χ2n) is 4.67. The molecule has 0 atom stereocenters. The van der Waals surface area contributed by atoms with E-state index in [9.17, 15) is 10.1 Å². The molecule has 0 spiro atoms. The Morgan fingerprint density at radius 1 is 1.20 bits per heavy atom. The highest BCUT2D eigenvalue weighted by Gasteiger charge is 2.13. The molecule has 0 bridgehead atoms. The van der Waals surface area contributed by atoms with Gasteiger partial charge in [-0.3, -0.25) is 10.1 Å². The van der Waals surface area contributed by atoms with E-state index in [1.54, 1.807) is 12.1 Å². The summed E-state index contributed by atoms with van der Waals surface area (Å²) in [4.78, 5) is 15.7. The smallest absolute Gasteiger partial charge is 0.269 e. The summed E-state index contributed by atoms with van der Waals surface area (Å²) in [7, 11) is 0. The van der Waals surface area contributed by atoms with Crippen LogP contribution in [0.4, 0.5) is 11.4 Å². The van der Waals surface area contributed by atoms with Crippen molar-refractivity contribution in [2.75, 3.05) is 31.2 Å². The second kappa shape index (κ2) is 5.34. The van der Waals surface area contributed by atoms with Gasteiger partial charge in [-0.25, -0.2) is 0 Å². The van der Waals surface area contributed by atoms with Crippen LogP contribution in [-0.4, -0.2) is 36.2 Å². The number of aromatic amines is 1. The molecule has 2 aromatic rings. The molecule has 0 radical (unpaired) electrons. The molecule has 1 N–H and O–H groups in total. The first-order valence-electron chi connectivity index (χ1n) is 6.50. The van der Waals surface area contributed by atoms with E-state index in [-0.39, 0.29) is 5.69 Å². The molecule has 104 valence electrons. The molecule has 3 rings (SSSR count). The number of nitrogens with zero attached hydrogens (tertiary/aromatic N) is 2. The number of nitro benzene ring substituents is 1. The van der Waals surface area contributed by atoms with Crippen molar-refractivity contribution in [3.8, 4) is 11.3 Å². The van der Waals surface area contributed by atoms with Crippen LogP contribution in [0.3, 0.4) is 0 Å². The molecule has 1 saturated heterocycles. The Hall–Kier alpha value is -2.34. The van der Waals surface area contributed by atoms with Crippen molar-refractivity contribution in [1.29, 1.82) is 0 Å². The van der Waals surface area contributed by atoms with Gasteiger partial charge in [0, 0.05) is 37.1 Å². The lowest BCUT2D eigenvalue weighted by molar-refractivity contribution is -0.384. The number of hydrogen-bond acceptors (Lipinski definition) is 4. The van der Waals surface area contributed by atoms with E-state index in [4.69, 9.17) is 4.74 Å². The van der Waals surface area contributed by atoms with Crippen molar-refractivity contribution in [2.24, 2.45) is 0 Å². The molecule has 0 amide bonds. The SMILES string of the molecule is O=[N+]([O-])c1ccc(-c2cc(N3CCOCC3)c[nH]2)cc1. The first-order valence-corrected chi connectivity index (χ1v) is 6.50. The quantitative estimate of drug-likeness (QED) is 0.688. The second-order valence-corrected chi connectivity index (χ2v) is 4.67. The minimum atomic E-state index is -0.391. The normalized spacial score (nSPS) is 15.3. The minimum absolute atomic E-state index is 0.105. The van der Waals surface area contributed by atoms with Gasteiger partial charge in [0.05, 0.1) is 23.8 Å². The average Bonchev–Trinajstić information content (AvgIpc) is 2.98. The Bertz CT molecular complexity index is 600. The molecule has 1 aliphatic rings. The molecule has 6 nitrogen and oxygen atoms in total. The Balaban J connectivity index is 1.80. The molecule has 1 fully saturated rings. The summed E-state index contributed by atoms with van der Waals surface area (Å²) in [5, 5.41) is 10.6. The van der Waals surface area contributed by atoms with E-state index >= 15 is 0 Å². The van der Waals surface area contributed by atoms with Crippen molar-refractivity contribution in [2.45, 2.75) is 0 Å². The molecule has 1 aliphatic heterocycles. The number of nitrogens with one attached hydrogen (secondary N) is 1. The molecule has 1 aromatic carbocycles. The zero-order valence-corrected chi connectivity index (χ0v) is 10.9. The molecule has 0 saturated carbocycles. The Morgan fingerprint density at radius 2 is 1.90 bits per heavy atom. The number of rotatable bonds is 3. The highest BCUT2D eigenvalue weighted by molar-refractivity contribution is 5.66. The van der Waals surface area contributed by atoms with Gasteiger partial charge in [0.1, 0.15) is 0 Å². The monoisotopic (exact) mass is 273 g/mol. The third-order valence-corrected chi connectivity index (χ3v) is 3.43. The first-order chi connectivity index (χ1) is 9.74. The molecule has 1 aromatic heterocycles. The largest absolute Gasteiger partial charge is 0.378 e. The van der Waals surface area contributed by atoms with Crippen LogP contribution in [0.2, 0.25) is 0 Å². The third kappa shape index (κ3) is 2.50. The highest BCUT2D eigenvalue weighted by atomic mass is 16.6. The maximum absolute atomic E-state index is 10.6. The third-order valence-electron chi connectivity index (χ3n) is 3.43. The van der Waals surface area contributed by atoms with Crippen LogP contribution in [0.5, 0.6) is 0 Å². The maximum Gasteiger partial charge on any atom is 0.269 e. The summed E-state index contributed by atoms with van der Waals surface area (Å²) in [6, 6.07) is 8.61. The van der Waals surface area contributed by atoms with Gasteiger partial charge in [0.2, 0.25) is 0 Å². The summed E-state index contributed by atoms with van der Waals surface area (Å²) < 4.78 is 5.33. The summed E-state index contributed by atoms with van der Waals surface area (Å²) in [5.41, 5.74) is 3.13. The van der Waals surface area contributed by atoms with Crippen molar-refractivity contribution < 1.29 is 9.66 Å². The minimum Gasteiger partial charge on any atom is -0.378 e. The fourth-order valence-electron chi connectivity index (χ4n) is 2.32. The topological polar surface area (TPSA) is 71.4 Å². The van der Waals surface area contributed by atoms with Crippen LogP contribution in [-0.2, 0) is 4.74 Å². The summed E-state index contributed by atoms with van der Waals surface area (Å²) in [6.07, 6.45) is 1.96. The van der Waals surface area contributed by atoms with E-state index in [1.807, 2.05) is 6.20 Å². The van der Waals surface area contributed by atoms with Crippen LogP contribution < -0.4 is 4.90 Å². The zero-order chi connectivity index (χ0) is 13.9. The van der Waals surface area contributed by atoms with E-state index in [2.05, 4.69) is 16.0 Å². The van der Waals surface area contributed by atoms with Gasteiger partial charge >= 0.3 is 0 Å². The summed E-state index contributed by atoms with van der Waals surface area (Å²) >= 11 is 0. The van der Waals surface area contributed by atoms with E-state index < -0.39 is 4.92 Å². The first kappa shape index (κ1) is 12.7. The van der Waals surface area contributed by atoms with E-state index in [0.29, 0.717) is 0 Å². The van der Waals surface area contributed by atoms with Crippen molar-refractivity contribution in [3.05, 3.63) is 46.6 Å². The number of anilines is 1. The predicted molar refractivity (Wildman–Crippen MR) is 75.9 cm³/mol. The number of benzene rings is 1. The zero-order valence-electron chi connectivity index (χ0n) is 10.9. The lowest BCUT2D eigenvalue weighted by Crippen LogP contribution is -2.35. The Kier molecular flexibility index (Phi) is 3.39. The molecule has 2 heterocycles. The molecule has 0 unspecified atom stereocenters. The van der Waals surface area contributed by atoms with Gasteiger partial charge < -0.3 is 14.6 Å². The number of H-pyrrole nitrogens is 1. The summed E-state index contributed by atoms with van der Waals surface area (Å²) in [5.74, 6) is 0. The van der Waals surface area contributed by atoms with Crippen molar-refractivity contribution >= 4 is 11.4 Å². The molecule has 20 heavy (non-hydrogen) atoms. The molecule has 0 aliphatic carbocycles. The van der Waals surface area contributed by atoms with E-state index in [1.165, 1.54) is 12.1 Å². The van der Waals surface area contributed by atoms with Crippen LogP contribution >= 0.6 is 0 Å². The molecular formula is C14H15N3O3. The Morgan fingerprint density at radius 3 is 2.55 bits per heavy atom. The predicted octanol–water partition coefficient (Wildman–Crippen LogP) is 2.43. The van der Waals surface area contributed by atoms with Crippen molar-refractivity contribution in [1.82, 2.24) is 4.98 Å². The van der Waals surface area contributed by atoms with Crippen LogP contribution in [0, 0.1) is 10.1 Å². The average molecular weight is 273 g/mol. The lowest BCUT2D eigenvalue weighted by Gasteiger charge is -2.27. The van der Waals surface area contributed by atoms with Gasteiger partial charge in [-0.2, -0.15) is 0 Å². The highest BCUT2D eigenvalue weighted by Crippen LogP contribution is 2.26. The Labute approximate surface area is 116 Å². The van der Waals surface area contributed by atoms with Gasteiger partial charge in [-0.1, -0.05) is 0 Å². The fourth-order valence-corrected chi connectivity index (χ4v) is 2.32.